The molecule has 5 rings (SSSR count). The van der Waals surface area contributed by atoms with Gasteiger partial charge in [-0.15, -0.1) is 0 Å². The van der Waals surface area contributed by atoms with E-state index in [0.29, 0.717) is 42.5 Å². The molecule has 0 bridgehead atoms. The summed E-state index contributed by atoms with van der Waals surface area (Å²) in [5, 5.41) is 32.5. The van der Waals surface area contributed by atoms with Crippen LogP contribution in [0.3, 0.4) is 0 Å². The number of rotatable bonds is 43. The number of benzene rings is 3. The Morgan fingerprint density at radius 2 is 1.30 bits per heavy atom. The number of hydrogen-bond donors (Lipinski definition) is 12. The monoisotopic (exact) mass is 1520 g/mol. The molecule has 0 aliphatic carbocycles. The summed E-state index contributed by atoms with van der Waals surface area (Å²) in [6, 6.07) is 14.4. The molecule has 11 amide bonds. The summed E-state index contributed by atoms with van der Waals surface area (Å²) in [6.45, 7) is 12.1. The Bertz CT molecular complexity index is 3520. The van der Waals surface area contributed by atoms with Crippen LogP contribution in [0.2, 0.25) is 0 Å². The lowest BCUT2D eigenvalue weighted by Crippen LogP contribution is -2.59. The number of nitrogens with zero attached hydrogens (tertiary/aromatic N) is 3. The highest BCUT2D eigenvalue weighted by molar-refractivity contribution is 7.47. The van der Waals surface area contributed by atoms with Crippen molar-refractivity contribution < 1.29 is 95.4 Å². The van der Waals surface area contributed by atoms with Gasteiger partial charge in [-0.05, 0) is 80.4 Å². The molecule has 33 nitrogen and oxygen atoms in total. The fourth-order valence-electron chi connectivity index (χ4n) is 12.9. The maximum Gasteiger partial charge on any atom is 0.473 e. The molecule has 15 atom stereocenters. The van der Waals surface area contributed by atoms with Crippen molar-refractivity contribution in [3.63, 3.8) is 0 Å². The number of carbonyl (C=O) groups is 12. The lowest BCUT2D eigenvalue weighted by Gasteiger charge is -2.41. The number of nitrogens with one attached hydrogen (secondary N) is 9. The van der Waals surface area contributed by atoms with Crippen molar-refractivity contribution in [2.45, 2.75) is 180 Å². The molecule has 13 N–H and O–H groups in total. The number of aliphatic hydroxyl groups excluding tert-OH is 1. The van der Waals surface area contributed by atoms with E-state index in [9.17, 15) is 72.1 Å². The van der Waals surface area contributed by atoms with Crippen LogP contribution < -0.4 is 53.6 Å². The highest BCUT2D eigenvalue weighted by atomic mass is 31.2. The highest BCUT2D eigenvalue weighted by Gasteiger charge is 2.44. The first-order valence-electron chi connectivity index (χ1n) is 35.9. The van der Waals surface area contributed by atoms with Crippen LogP contribution in [-0.4, -0.2) is 237 Å². The number of amides is 11. The predicted molar refractivity (Wildman–Crippen MR) is 393 cm³/mol. The molecule has 2 heterocycles. The van der Waals surface area contributed by atoms with E-state index in [1.807, 2.05) is 60.5 Å². The Labute approximate surface area is 625 Å². The molecule has 3 aromatic rings. The maximum atomic E-state index is 14.6. The molecule has 2 aliphatic rings. The van der Waals surface area contributed by atoms with E-state index >= 15 is 0 Å². The number of likely N-dealkylation sites (tertiary alicyclic amines) is 1. The van der Waals surface area contributed by atoms with Crippen molar-refractivity contribution in [3.05, 3.63) is 102 Å². The summed E-state index contributed by atoms with van der Waals surface area (Å²) in [5.41, 5.74) is 7.52. The van der Waals surface area contributed by atoms with Gasteiger partial charge in [0.05, 0.1) is 101 Å². The van der Waals surface area contributed by atoms with Crippen LogP contribution in [-0.2, 0) is 98.4 Å². The Balaban J connectivity index is 1.13. The summed E-state index contributed by atoms with van der Waals surface area (Å²) < 4.78 is 42.1. The first-order chi connectivity index (χ1) is 50.6. The number of likely N-dealkylation sites (N-methyl/N-ethyl adjacent to an activating group) is 2. The van der Waals surface area contributed by atoms with Gasteiger partial charge in [0.15, 0.2) is 0 Å². The number of aliphatic hydroxyl groups is 1. The van der Waals surface area contributed by atoms with Crippen molar-refractivity contribution in [2.75, 3.05) is 80.1 Å². The molecule has 1 unspecified atom stereocenters. The van der Waals surface area contributed by atoms with Crippen LogP contribution >= 0.6 is 7.82 Å². The summed E-state index contributed by atoms with van der Waals surface area (Å²) in [5.74, 6) is -9.09. The van der Waals surface area contributed by atoms with Crippen molar-refractivity contribution >= 4 is 84.5 Å². The molecule has 2 aliphatic heterocycles. The first kappa shape index (κ1) is 88.8. The topological polar surface area (TPSA) is 453 Å². The molecule has 2 fully saturated rings. The van der Waals surface area contributed by atoms with Gasteiger partial charge in [0.25, 0.3) is 0 Å². The minimum absolute atomic E-state index is 0.0214. The minimum Gasteiger partial charge on any atom is -0.464 e. The van der Waals surface area contributed by atoms with Gasteiger partial charge in [-0.1, -0.05) is 128 Å². The van der Waals surface area contributed by atoms with Gasteiger partial charge >= 0.3 is 13.8 Å². The minimum atomic E-state index is -4.93. The summed E-state index contributed by atoms with van der Waals surface area (Å²) >= 11 is 0. The smallest absolute Gasteiger partial charge is 0.464 e. The van der Waals surface area contributed by atoms with Gasteiger partial charge in [-0.25, -0.2) is 9.36 Å². The molecular weight excluding hydrogens is 1410 g/mol. The number of methoxy groups -OCH3 is 2. The molecule has 2 saturated heterocycles. The van der Waals surface area contributed by atoms with Gasteiger partial charge in [-0.3, -0.25) is 66.7 Å². The van der Waals surface area contributed by atoms with Crippen molar-refractivity contribution in [1.29, 1.82) is 0 Å². The van der Waals surface area contributed by atoms with E-state index in [0.717, 1.165) is 0 Å². The van der Waals surface area contributed by atoms with Crippen molar-refractivity contribution in [3.8, 4) is 0 Å². The van der Waals surface area contributed by atoms with Crippen LogP contribution in [0.4, 0.5) is 5.69 Å². The van der Waals surface area contributed by atoms with Gasteiger partial charge in [0.1, 0.15) is 30.3 Å². The second kappa shape index (κ2) is 43.3. The number of nitrogens with two attached hydrogens (primary N) is 1. The van der Waals surface area contributed by atoms with E-state index in [1.165, 1.54) is 38.5 Å². The van der Waals surface area contributed by atoms with Gasteiger partial charge in [0, 0.05) is 46.3 Å². The molecule has 592 valence electrons. The number of carbonyl (C=O) groups excluding carboxylic acids is 12. The third-order valence-electron chi connectivity index (χ3n) is 18.8. The summed E-state index contributed by atoms with van der Waals surface area (Å²) in [4.78, 5) is 175. The van der Waals surface area contributed by atoms with Crippen LogP contribution in [0.1, 0.15) is 117 Å². The fraction of sp³-hybridized carbons (Fsp3) is 0.589. The SMILES string of the molecule is CC[C@H](C)[C@@H]([C@@H](CC(=O)N1CCC[C@H]1[C@H](OC)[C@@H](C)C(=O)N[C@H](C)[C@@H](OP(=O)(O)OCc1ccc(NC(=O)CNC(=O)[C@H](Cc2ccccc2)NC(=O)CNC(=O)CNC(=O)[C@H](CO)NC(=O)[C@@H](N)CC(=O)N[C@H]2CCOC2=O)cc1)c1ccccc1)OC)N(C)C(=O)[C@@H](NC(=O)[C@H](C(C)C)N(C)C)C(C)C. The Hall–Kier alpha value is -8.79. The Morgan fingerprint density at radius 1 is 0.682 bits per heavy atom. The quantitative estimate of drug-likeness (QED) is 0.0276. The predicted octanol–water partition coefficient (Wildman–Crippen LogP) is 0.854. The second-order valence-corrected chi connectivity index (χ2v) is 29.3. The molecule has 3 aromatic carbocycles. The van der Waals surface area contributed by atoms with Gasteiger partial charge in [-0.2, -0.15) is 0 Å². The molecule has 107 heavy (non-hydrogen) atoms. The number of phosphoric acid groups is 1. The first-order valence-corrected chi connectivity index (χ1v) is 37.4. The fourth-order valence-corrected chi connectivity index (χ4v) is 13.9. The number of hydrogen-bond acceptors (Lipinski definition) is 21. The normalized spacial score (nSPS) is 18.2. The average Bonchev–Trinajstić information content (AvgIpc) is 1.72. The van der Waals surface area contributed by atoms with Crippen molar-refractivity contribution in [2.24, 2.45) is 29.4 Å². The summed E-state index contributed by atoms with van der Waals surface area (Å²) in [7, 11) is 3.37. The molecule has 34 heteroatoms. The van der Waals surface area contributed by atoms with E-state index < -0.39 is 179 Å². The standard InChI is InChI=1S/C73H110N13O20P/c1-14-44(6)64(85(11)72(98)62(42(2)3)83-71(97)63(43(4)5)84(9)10)56(102-12)36-61(92)86-32-21-26-55(86)65(103-13)45(7)67(93)78-46(8)66(49-24-19-16-20-25-49)106-107(100,101)105-41-48-27-29-50(30-28-48)79-59(90)39-77-69(95)53(34-47-22-17-15-18-23-47)81-60(91)38-75-58(89)37-76-70(96)54(40-87)82-68(94)51(74)35-57(88)80-52-31-33-104-73(52)99/h15-20,22-25,27-30,42-46,51-56,62-66,87H,14,21,26,31-41,74H2,1-13H3,(H,75,89)(H,76,96)(H,77,95)(H,78,93)(H,79,90)(H,80,88)(H,81,91)(H,82,94)(H,83,97)(H,100,101)/t44-,45+,46+,51-,52-,53-,54-,55-,56+,62-,63-,64-,65+,66+/m0/s1. The number of esters is 1. The number of cyclic esters (lactones) is 1. The van der Waals surface area contributed by atoms with Crippen LogP contribution in [0.25, 0.3) is 0 Å². The van der Waals surface area contributed by atoms with Crippen LogP contribution in [0.5, 0.6) is 0 Å². The van der Waals surface area contributed by atoms with Crippen LogP contribution in [0.15, 0.2) is 84.9 Å². The number of phosphoric ester groups is 1. The van der Waals surface area contributed by atoms with E-state index in [4.69, 9.17) is 29.0 Å². The molecule has 0 aromatic heterocycles. The largest absolute Gasteiger partial charge is 0.473 e. The molecular formula is C73H110N13O20P. The van der Waals surface area contributed by atoms with Gasteiger partial charge in [0.2, 0.25) is 65.0 Å². The lowest BCUT2D eigenvalue weighted by molar-refractivity contribution is -0.148. The Morgan fingerprint density at radius 3 is 1.87 bits per heavy atom. The summed E-state index contributed by atoms with van der Waals surface area (Å²) in [6.07, 6.45) is -1.44. The Kier molecular flexibility index (Phi) is 35.9. The van der Waals surface area contributed by atoms with Crippen molar-refractivity contribution in [1.82, 2.24) is 57.2 Å². The van der Waals surface area contributed by atoms with Crippen LogP contribution in [0, 0.1) is 23.7 Å². The van der Waals surface area contributed by atoms with E-state index in [1.54, 1.807) is 91.4 Å². The van der Waals surface area contributed by atoms with E-state index in [-0.39, 0.29) is 67.0 Å². The lowest BCUT2D eigenvalue weighted by atomic mass is 9.89. The third kappa shape index (κ3) is 27.4. The average molecular weight is 1520 g/mol. The zero-order valence-corrected chi connectivity index (χ0v) is 64.2. The third-order valence-corrected chi connectivity index (χ3v) is 19.8. The number of ether oxygens (including phenoxy) is 3. The number of anilines is 1. The zero-order chi connectivity index (χ0) is 79.4. The highest BCUT2D eigenvalue weighted by Crippen LogP contribution is 2.49. The molecule has 0 saturated carbocycles. The van der Waals surface area contributed by atoms with E-state index in [2.05, 4.69) is 47.9 Å². The van der Waals surface area contributed by atoms with Gasteiger partial charge < -0.3 is 87.6 Å². The maximum absolute atomic E-state index is 14.6. The molecule has 0 radical (unpaired) electrons. The second-order valence-electron chi connectivity index (χ2n) is 27.8. The zero-order valence-electron chi connectivity index (χ0n) is 63.3. The molecule has 0 spiro atoms.